The zero-order valence-electron chi connectivity index (χ0n) is 8.42. The summed E-state index contributed by atoms with van der Waals surface area (Å²) in [4.78, 5) is 2.35. The van der Waals surface area contributed by atoms with Gasteiger partial charge in [0.1, 0.15) is 0 Å². The van der Waals surface area contributed by atoms with Crippen LogP contribution in [-0.4, -0.2) is 24.0 Å². The van der Waals surface area contributed by atoms with Crippen molar-refractivity contribution in [2.24, 2.45) is 5.73 Å². The molecule has 0 bridgehead atoms. The second kappa shape index (κ2) is 4.83. The highest BCUT2D eigenvalue weighted by Crippen LogP contribution is 2.23. The first-order valence-corrected chi connectivity index (χ1v) is 6.24. The third kappa shape index (κ3) is 2.94. The van der Waals surface area contributed by atoms with E-state index in [2.05, 4.69) is 26.9 Å². The summed E-state index contributed by atoms with van der Waals surface area (Å²) in [5, 5.41) is 0.824. The number of likely N-dealkylation sites (tertiary alicyclic amines) is 1. The van der Waals surface area contributed by atoms with Crippen molar-refractivity contribution in [1.82, 2.24) is 4.90 Å². The zero-order chi connectivity index (χ0) is 10.8. The zero-order valence-corrected chi connectivity index (χ0v) is 10.8. The van der Waals surface area contributed by atoms with E-state index >= 15 is 0 Å². The highest BCUT2D eigenvalue weighted by atomic mass is 79.9. The molecule has 1 unspecified atom stereocenters. The fourth-order valence-electron chi connectivity index (χ4n) is 1.90. The second-order valence-corrected chi connectivity index (χ2v) is 5.34. The Hall–Kier alpha value is -0.0900. The molecule has 1 heterocycles. The van der Waals surface area contributed by atoms with E-state index in [1.165, 1.54) is 5.56 Å². The summed E-state index contributed by atoms with van der Waals surface area (Å²) >= 11 is 9.56. The van der Waals surface area contributed by atoms with Gasteiger partial charge in [-0.15, -0.1) is 0 Å². The van der Waals surface area contributed by atoms with Crippen LogP contribution in [-0.2, 0) is 6.54 Å². The molecule has 0 saturated carbocycles. The molecule has 0 aromatic heterocycles. The smallest absolute Gasteiger partial charge is 0.0462 e. The molecule has 1 aliphatic rings. The average Bonchev–Trinajstić information content (AvgIpc) is 2.56. The largest absolute Gasteiger partial charge is 0.326 e. The molecular formula is C11H14BrClN2. The highest BCUT2D eigenvalue weighted by molar-refractivity contribution is 9.10. The lowest BCUT2D eigenvalue weighted by atomic mass is 10.2. The molecular weight excluding hydrogens is 275 g/mol. The maximum atomic E-state index is 6.16. The van der Waals surface area contributed by atoms with E-state index in [1.54, 1.807) is 0 Å². The molecule has 1 aliphatic heterocycles. The van der Waals surface area contributed by atoms with Crippen molar-refractivity contribution >= 4 is 27.5 Å². The van der Waals surface area contributed by atoms with Gasteiger partial charge in [-0.1, -0.05) is 33.6 Å². The Balaban J connectivity index is 2.04. The highest BCUT2D eigenvalue weighted by Gasteiger charge is 2.19. The first-order chi connectivity index (χ1) is 7.15. The fourth-order valence-corrected chi connectivity index (χ4v) is 2.63. The Morgan fingerprint density at radius 1 is 1.53 bits per heavy atom. The minimum Gasteiger partial charge on any atom is -0.326 e. The Labute approximate surface area is 104 Å². The third-order valence-corrected chi connectivity index (χ3v) is 3.56. The minimum absolute atomic E-state index is 0.333. The van der Waals surface area contributed by atoms with E-state index in [1.807, 2.05) is 12.1 Å². The van der Waals surface area contributed by atoms with Crippen molar-refractivity contribution < 1.29 is 0 Å². The quantitative estimate of drug-likeness (QED) is 0.907. The lowest BCUT2D eigenvalue weighted by Crippen LogP contribution is -2.26. The standard InChI is InChI=1S/C11H14BrClN2/c12-9-2-1-8(11(13)5-9)6-15-4-3-10(14)7-15/h1-2,5,10H,3-4,6-7,14H2. The van der Waals surface area contributed by atoms with Gasteiger partial charge < -0.3 is 5.73 Å². The minimum atomic E-state index is 0.333. The maximum absolute atomic E-state index is 6.16. The molecule has 0 radical (unpaired) electrons. The second-order valence-electron chi connectivity index (χ2n) is 4.02. The molecule has 82 valence electrons. The maximum Gasteiger partial charge on any atom is 0.0462 e. The molecule has 0 amide bonds. The van der Waals surface area contributed by atoms with Gasteiger partial charge in [0.05, 0.1) is 0 Å². The van der Waals surface area contributed by atoms with E-state index < -0.39 is 0 Å². The van der Waals surface area contributed by atoms with Gasteiger partial charge >= 0.3 is 0 Å². The summed E-state index contributed by atoms with van der Waals surface area (Å²) in [7, 11) is 0. The number of nitrogens with zero attached hydrogens (tertiary/aromatic N) is 1. The van der Waals surface area contributed by atoms with Crippen LogP contribution in [0.1, 0.15) is 12.0 Å². The number of benzene rings is 1. The van der Waals surface area contributed by atoms with Gasteiger partial charge in [0, 0.05) is 35.2 Å². The van der Waals surface area contributed by atoms with Crippen LogP contribution in [0.2, 0.25) is 5.02 Å². The monoisotopic (exact) mass is 288 g/mol. The third-order valence-electron chi connectivity index (χ3n) is 2.72. The van der Waals surface area contributed by atoms with Crippen LogP contribution < -0.4 is 5.73 Å². The predicted molar refractivity (Wildman–Crippen MR) is 67.0 cm³/mol. The van der Waals surface area contributed by atoms with Crippen molar-refractivity contribution in [2.75, 3.05) is 13.1 Å². The number of nitrogens with two attached hydrogens (primary N) is 1. The van der Waals surface area contributed by atoms with Gasteiger partial charge in [-0.25, -0.2) is 0 Å². The number of rotatable bonds is 2. The molecule has 1 saturated heterocycles. The van der Waals surface area contributed by atoms with E-state index in [-0.39, 0.29) is 0 Å². The van der Waals surface area contributed by atoms with Gasteiger partial charge in [0.15, 0.2) is 0 Å². The van der Waals surface area contributed by atoms with E-state index in [0.29, 0.717) is 6.04 Å². The average molecular weight is 290 g/mol. The molecule has 2 N–H and O–H groups in total. The first kappa shape index (κ1) is 11.4. The number of hydrogen-bond acceptors (Lipinski definition) is 2. The summed E-state index contributed by atoms with van der Waals surface area (Å²) in [6.07, 6.45) is 1.09. The van der Waals surface area contributed by atoms with E-state index in [9.17, 15) is 0 Å². The number of hydrogen-bond donors (Lipinski definition) is 1. The van der Waals surface area contributed by atoms with Crippen molar-refractivity contribution in [3.8, 4) is 0 Å². The summed E-state index contributed by atoms with van der Waals surface area (Å²) in [6.45, 7) is 2.96. The van der Waals surface area contributed by atoms with Crippen molar-refractivity contribution in [1.29, 1.82) is 0 Å². The van der Waals surface area contributed by atoms with Crippen LogP contribution in [0.5, 0.6) is 0 Å². The van der Waals surface area contributed by atoms with Crippen LogP contribution in [0.3, 0.4) is 0 Å². The SMILES string of the molecule is NC1CCN(Cc2ccc(Br)cc2Cl)C1. The fraction of sp³-hybridized carbons (Fsp3) is 0.455. The van der Waals surface area contributed by atoms with Crippen LogP contribution in [0, 0.1) is 0 Å². The lowest BCUT2D eigenvalue weighted by molar-refractivity contribution is 0.327. The molecule has 1 aromatic carbocycles. The van der Waals surface area contributed by atoms with Crippen molar-refractivity contribution in [3.05, 3.63) is 33.3 Å². The summed E-state index contributed by atoms with van der Waals surface area (Å²) in [6, 6.07) is 6.36. The van der Waals surface area contributed by atoms with Crippen LogP contribution >= 0.6 is 27.5 Å². The topological polar surface area (TPSA) is 29.3 Å². The van der Waals surface area contributed by atoms with Gasteiger partial charge in [-0.2, -0.15) is 0 Å². The van der Waals surface area contributed by atoms with Gasteiger partial charge in [0.25, 0.3) is 0 Å². The molecule has 2 rings (SSSR count). The molecule has 1 fully saturated rings. The Morgan fingerprint density at radius 2 is 2.33 bits per heavy atom. The lowest BCUT2D eigenvalue weighted by Gasteiger charge is -2.16. The Bertz CT molecular complexity index is 356. The molecule has 15 heavy (non-hydrogen) atoms. The van der Waals surface area contributed by atoms with Crippen molar-refractivity contribution in [2.45, 2.75) is 19.0 Å². The van der Waals surface area contributed by atoms with Crippen molar-refractivity contribution in [3.63, 3.8) is 0 Å². The summed E-state index contributed by atoms with van der Waals surface area (Å²) in [5.41, 5.74) is 7.03. The summed E-state index contributed by atoms with van der Waals surface area (Å²) in [5.74, 6) is 0. The van der Waals surface area contributed by atoms with Crippen LogP contribution in [0.25, 0.3) is 0 Å². The summed E-state index contributed by atoms with van der Waals surface area (Å²) < 4.78 is 1.02. The van der Waals surface area contributed by atoms with Crippen LogP contribution in [0.4, 0.5) is 0 Å². The van der Waals surface area contributed by atoms with E-state index in [4.69, 9.17) is 17.3 Å². The normalized spacial score (nSPS) is 22.2. The Kier molecular flexibility index (Phi) is 3.67. The molecule has 0 spiro atoms. The molecule has 1 atom stereocenters. The predicted octanol–water partition coefficient (Wildman–Crippen LogP) is 2.64. The molecule has 1 aromatic rings. The molecule has 2 nitrogen and oxygen atoms in total. The van der Waals surface area contributed by atoms with Gasteiger partial charge in [-0.3, -0.25) is 4.90 Å². The molecule has 0 aliphatic carbocycles. The molecule has 4 heteroatoms. The van der Waals surface area contributed by atoms with Gasteiger partial charge in [-0.05, 0) is 24.1 Å². The van der Waals surface area contributed by atoms with E-state index in [0.717, 1.165) is 35.6 Å². The first-order valence-electron chi connectivity index (χ1n) is 5.07. The van der Waals surface area contributed by atoms with Gasteiger partial charge in [0.2, 0.25) is 0 Å². The van der Waals surface area contributed by atoms with Crippen LogP contribution in [0.15, 0.2) is 22.7 Å². The Morgan fingerprint density at radius 3 is 2.93 bits per heavy atom. The number of halogens is 2.